The minimum Gasteiger partial charge on any atom is -0.317 e. The van der Waals surface area contributed by atoms with Crippen molar-refractivity contribution >= 4 is 0 Å². The normalized spacial score (nSPS) is 39.5. The van der Waals surface area contributed by atoms with Crippen molar-refractivity contribution < 1.29 is 0 Å². The maximum Gasteiger partial charge on any atom is 0.0235 e. The third-order valence-electron chi connectivity index (χ3n) is 5.43. The fourth-order valence-electron chi connectivity index (χ4n) is 4.23. The van der Waals surface area contributed by atoms with Crippen LogP contribution >= 0.6 is 0 Å². The lowest BCUT2D eigenvalue weighted by molar-refractivity contribution is 0.152. The third kappa shape index (κ3) is 2.73. The Morgan fingerprint density at radius 3 is 2.39 bits per heavy atom. The van der Waals surface area contributed by atoms with Gasteiger partial charge in [0.15, 0.2) is 0 Å². The van der Waals surface area contributed by atoms with Crippen LogP contribution in [0.15, 0.2) is 0 Å². The molecule has 0 bridgehead atoms. The van der Waals surface area contributed by atoms with Crippen molar-refractivity contribution in [3.05, 3.63) is 0 Å². The Balaban J connectivity index is 1.49. The fraction of sp³-hybridized carbons (Fsp3) is 1.00. The van der Waals surface area contributed by atoms with Crippen molar-refractivity contribution in [1.29, 1.82) is 0 Å². The number of rotatable bonds is 3. The van der Waals surface area contributed by atoms with E-state index in [1.165, 1.54) is 71.1 Å². The minimum atomic E-state index is 0.782. The molecule has 3 aliphatic rings. The van der Waals surface area contributed by atoms with Crippen LogP contribution in [0.5, 0.6) is 0 Å². The van der Waals surface area contributed by atoms with E-state index >= 15 is 0 Å². The number of likely N-dealkylation sites (tertiary alicyclic amines) is 2. The molecule has 2 heterocycles. The minimum absolute atomic E-state index is 0.782. The molecule has 0 radical (unpaired) electrons. The molecule has 0 aromatic heterocycles. The first-order chi connectivity index (χ1) is 8.86. The van der Waals surface area contributed by atoms with Crippen molar-refractivity contribution in [2.24, 2.45) is 0 Å². The van der Waals surface area contributed by atoms with E-state index in [0.717, 1.165) is 18.1 Å². The Morgan fingerprint density at radius 2 is 1.67 bits per heavy atom. The molecule has 2 saturated heterocycles. The Bertz CT molecular complexity index is 262. The van der Waals surface area contributed by atoms with E-state index in [9.17, 15) is 0 Å². The second-order valence-electron chi connectivity index (χ2n) is 6.49. The molecule has 3 rings (SSSR count). The van der Waals surface area contributed by atoms with Crippen molar-refractivity contribution in [2.75, 3.05) is 33.2 Å². The Labute approximate surface area is 112 Å². The molecule has 1 aliphatic carbocycles. The molecule has 104 valence electrons. The summed E-state index contributed by atoms with van der Waals surface area (Å²) in [5.41, 5.74) is 0. The predicted molar refractivity (Wildman–Crippen MR) is 75.9 cm³/mol. The SMILES string of the molecule is CNC1CCC(N2CCC(N3CCCCC3)C2)C1. The number of piperidine rings is 1. The Kier molecular flexibility index (Phi) is 4.22. The van der Waals surface area contributed by atoms with Crippen molar-refractivity contribution in [3.63, 3.8) is 0 Å². The first kappa shape index (κ1) is 12.9. The molecule has 0 amide bonds. The van der Waals surface area contributed by atoms with Crippen LogP contribution in [0.2, 0.25) is 0 Å². The van der Waals surface area contributed by atoms with E-state index < -0.39 is 0 Å². The molecule has 0 spiro atoms. The first-order valence-corrected chi connectivity index (χ1v) is 8.02. The van der Waals surface area contributed by atoms with Crippen molar-refractivity contribution in [1.82, 2.24) is 15.1 Å². The van der Waals surface area contributed by atoms with Gasteiger partial charge in [0.25, 0.3) is 0 Å². The highest BCUT2D eigenvalue weighted by atomic mass is 15.3. The van der Waals surface area contributed by atoms with E-state index in [0.29, 0.717) is 0 Å². The lowest BCUT2D eigenvalue weighted by Crippen LogP contribution is -2.42. The van der Waals surface area contributed by atoms with Gasteiger partial charge in [0.05, 0.1) is 0 Å². The summed E-state index contributed by atoms with van der Waals surface area (Å²) in [6.45, 7) is 5.42. The summed E-state index contributed by atoms with van der Waals surface area (Å²) in [6.07, 6.45) is 9.91. The average molecular weight is 251 g/mol. The van der Waals surface area contributed by atoms with E-state index in [1.807, 2.05) is 0 Å². The summed E-state index contributed by atoms with van der Waals surface area (Å²) in [5, 5.41) is 3.45. The molecule has 2 aliphatic heterocycles. The number of nitrogens with one attached hydrogen (secondary N) is 1. The summed E-state index contributed by atoms with van der Waals surface area (Å²) in [7, 11) is 2.12. The first-order valence-electron chi connectivity index (χ1n) is 8.02. The highest BCUT2D eigenvalue weighted by Gasteiger charge is 2.35. The molecule has 0 aromatic carbocycles. The third-order valence-corrected chi connectivity index (χ3v) is 5.43. The fourth-order valence-corrected chi connectivity index (χ4v) is 4.23. The molecule has 3 nitrogen and oxygen atoms in total. The number of hydrogen-bond donors (Lipinski definition) is 1. The van der Waals surface area contributed by atoms with Gasteiger partial charge >= 0.3 is 0 Å². The molecule has 3 heteroatoms. The van der Waals surface area contributed by atoms with Crippen LogP contribution in [-0.2, 0) is 0 Å². The van der Waals surface area contributed by atoms with Crippen LogP contribution in [-0.4, -0.2) is 61.2 Å². The number of nitrogens with zero attached hydrogens (tertiary/aromatic N) is 2. The highest BCUT2D eigenvalue weighted by molar-refractivity contribution is 4.92. The Hall–Kier alpha value is -0.120. The summed E-state index contributed by atoms with van der Waals surface area (Å²) in [5.74, 6) is 0. The van der Waals surface area contributed by atoms with Gasteiger partial charge in [-0.1, -0.05) is 6.42 Å². The molecule has 3 fully saturated rings. The smallest absolute Gasteiger partial charge is 0.0235 e. The Morgan fingerprint density at radius 1 is 0.833 bits per heavy atom. The number of hydrogen-bond acceptors (Lipinski definition) is 3. The molecule has 18 heavy (non-hydrogen) atoms. The lowest BCUT2D eigenvalue weighted by Gasteiger charge is -2.33. The van der Waals surface area contributed by atoms with E-state index in [-0.39, 0.29) is 0 Å². The van der Waals surface area contributed by atoms with Gasteiger partial charge in [-0.3, -0.25) is 9.80 Å². The molecule has 3 unspecified atom stereocenters. The van der Waals surface area contributed by atoms with Gasteiger partial charge in [-0.15, -0.1) is 0 Å². The van der Waals surface area contributed by atoms with Gasteiger partial charge in [0.1, 0.15) is 0 Å². The second-order valence-corrected chi connectivity index (χ2v) is 6.49. The topological polar surface area (TPSA) is 18.5 Å². The zero-order valence-electron chi connectivity index (χ0n) is 11.9. The van der Waals surface area contributed by atoms with Gasteiger partial charge in [-0.2, -0.15) is 0 Å². The van der Waals surface area contributed by atoms with E-state index in [1.54, 1.807) is 0 Å². The van der Waals surface area contributed by atoms with Gasteiger partial charge < -0.3 is 5.32 Å². The van der Waals surface area contributed by atoms with Crippen LogP contribution in [0.4, 0.5) is 0 Å². The molecule has 1 N–H and O–H groups in total. The van der Waals surface area contributed by atoms with Crippen LogP contribution in [0.3, 0.4) is 0 Å². The van der Waals surface area contributed by atoms with Gasteiger partial charge in [0.2, 0.25) is 0 Å². The van der Waals surface area contributed by atoms with Crippen molar-refractivity contribution in [2.45, 2.75) is 63.1 Å². The zero-order chi connectivity index (χ0) is 12.4. The highest BCUT2D eigenvalue weighted by Crippen LogP contribution is 2.29. The molecule has 3 atom stereocenters. The molecule has 1 saturated carbocycles. The maximum absolute atomic E-state index is 3.45. The largest absolute Gasteiger partial charge is 0.317 e. The van der Waals surface area contributed by atoms with Crippen LogP contribution in [0, 0.1) is 0 Å². The summed E-state index contributed by atoms with van der Waals surface area (Å²) >= 11 is 0. The quantitative estimate of drug-likeness (QED) is 0.823. The second kappa shape index (κ2) is 5.89. The van der Waals surface area contributed by atoms with Gasteiger partial charge in [-0.05, 0) is 58.7 Å². The van der Waals surface area contributed by atoms with Crippen LogP contribution in [0.25, 0.3) is 0 Å². The predicted octanol–water partition coefficient (Wildman–Crippen LogP) is 1.69. The van der Waals surface area contributed by atoms with E-state index in [4.69, 9.17) is 0 Å². The summed E-state index contributed by atoms with van der Waals surface area (Å²) < 4.78 is 0. The summed E-state index contributed by atoms with van der Waals surface area (Å²) in [6, 6.07) is 2.53. The summed E-state index contributed by atoms with van der Waals surface area (Å²) in [4.78, 5) is 5.56. The zero-order valence-corrected chi connectivity index (χ0v) is 11.9. The van der Waals surface area contributed by atoms with E-state index in [2.05, 4.69) is 22.2 Å². The monoisotopic (exact) mass is 251 g/mol. The standard InChI is InChI=1S/C15H29N3/c1-16-13-5-6-14(11-13)18-10-7-15(12-18)17-8-3-2-4-9-17/h13-16H,2-12H2,1H3. The van der Waals surface area contributed by atoms with Crippen LogP contribution < -0.4 is 5.32 Å². The maximum atomic E-state index is 3.45. The molecular formula is C15H29N3. The van der Waals surface area contributed by atoms with Crippen LogP contribution in [0.1, 0.15) is 44.9 Å². The average Bonchev–Trinajstić information content (AvgIpc) is 3.08. The van der Waals surface area contributed by atoms with Gasteiger partial charge in [0, 0.05) is 31.2 Å². The molecular weight excluding hydrogens is 222 g/mol. The molecule has 0 aromatic rings. The van der Waals surface area contributed by atoms with Gasteiger partial charge in [-0.25, -0.2) is 0 Å². The lowest BCUT2D eigenvalue weighted by atomic mass is 10.1. The van der Waals surface area contributed by atoms with Crippen molar-refractivity contribution in [3.8, 4) is 0 Å².